The molecule has 1 amide bonds. The zero-order valence-corrected chi connectivity index (χ0v) is 15.9. The molecule has 0 saturated carbocycles. The van der Waals surface area contributed by atoms with E-state index in [4.69, 9.17) is 9.84 Å². The third-order valence-corrected chi connectivity index (χ3v) is 4.90. The molecule has 1 aliphatic rings. The normalized spacial score (nSPS) is 15.6. The number of nitrogens with one attached hydrogen (secondary N) is 1. The minimum atomic E-state index is -4.91. The van der Waals surface area contributed by atoms with E-state index in [-0.39, 0.29) is 18.2 Å². The van der Waals surface area contributed by atoms with Crippen molar-refractivity contribution < 1.29 is 32.6 Å². The van der Waals surface area contributed by atoms with Gasteiger partial charge in [-0.1, -0.05) is 18.2 Å². The number of fused-ring (bicyclic) bond motifs is 1. The zero-order valence-electron chi connectivity index (χ0n) is 15.9. The van der Waals surface area contributed by atoms with Crippen LogP contribution in [0.1, 0.15) is 21.6 Å². The van der Waals surface area contributed by atoms with E-state index < -0.39 is 29.3 Å². The van der Waals surface area contributed by atoms with Crippen LogP contribution in [0.4, 0.5) is 18.9 Å². The minimum absolute atomic E-state index is 0.00718. The van der Waals surface area contributed by atoms with E-state index >= 15 is 0 Å². The predicted molar refractivity (Wildman–Crippen MR) is 103 cm³/mol. The van der Waals surface area contributed by atoms with Crippen LogP contribution in [-0.4, -0.2) is 33.4 Å². The number of hydrogen-bond acceptors (Lipinski definition) is 4. The highest BCUT2D eigenvalue weighted by atomic mass is 19.4. The summed E-state index contributed by atoms with van der Waals surface area (Å²) in [5.41, 5.74) is -1.01. The van der Waals surface area contributed by atoms with E-state index in [9.17, 15) is 22.8 Å². The number of carbonyl (C=O) groups is 2. The summed E-state index contributed by atoms with van der Waals surface area (Å²) in [4.78, 5) is 23.7. The number of carbonyl (C=O) groups excluding carboxylic acids is 1. The molecule has 3 aromatic rings. The lowest BCUT2D eigenvalue weighted by Crippen LogP contribution is -2.32. The number of benzene rings is 2. The van der Waals surface area contributed by atoms with Crippen molar-refractivity contribution in [2.45, 2.75) is 12.6 Å². The molecule has 7 nitrogen and oxygen atoms in total. The van der Waals surface area contributed by atoms with Crippen molar-refractivity contribution in [2.75, 3.05) is 11.9 Å². The van der Waals surface area contributed by atoms with Gasteiger partial charge in [-0.15, -0.1) is 0 Å². The molecular formula is C21H16F3N3O4. The molecule has 1 unspecified atom stereocenters. The molecule has 2 N–H and O–H groups in total. The Balaban J connectivity index is 1.51. The van der Waals surface area contributed by atoms with Crippen LogP contribution in [0.25, 0.3) is 5.69 Å². The van der Waals surface area contributed by atoms with Crippen molar-refractivity contribution >= 4 is 17.6 Å². The van der Waals surface area contributed by atoms with Crippen LogP contribution in [0.3, 0.4) is 0 Å². The lowest BCUT2D eigenvalue weighted by Gasteiger charge is -2.24. The molecular weight excluding hydrogens is 415 g/mol. The molecule has 0 spiro atoms. The molecule has 1 atom stereocenters. The number of rotatable bonds is 4. The smallest absolute Gasteiger partial charge is 0.434 e. The first-order chi connectivity index (χ1) is 14.7. The van der Waals surface area contributed by atoms with Gasteiger partial charge >= 0.3 is 12.1 Å². The first-order valence-corrected chi connectivity index (χ1v) is 9.24. The summed E-state index contributed by atoms with van der Waals surface area (Å²) in [7, 11) is 0. The molecule has 0 radical (unpaired) electrons. The summed E-state index contributed by atoms with van der Waals surface area (Å²) < 4.78 is 46.2. The Morgan fingerprint density at radius 2 is 1.84 bits per heavy atom. The molecule has 1 aromatic heterocycles. The van der Waals surface area contributed by atoms with E-state index in [1.807, 2.05) is 24.3 Å². The third kappa shape index (κ3) is 4.09. The van der Waals surface area contributed by atoms with Crippen molar-refractivity contribution in [1.29, 1.82) is 0 Å². The largest absolute Gasteiger partial charge is 0.492 e. The van der Waals surface area contributed by atoms with Crippen molar-refractivity contribution in [1.82, 2.24) is 9.78 Å². The highest BCUT2D eigenvalue weighted by Crippen LogP contribution is 2.34. The maximum atomic E-state index is 13.4. The topological polar surface area (TPSA) is 93.5 Å². The summed E-state index contributed by atoms with van der Waals surface area (Å²) in [5.74, 6) is -1.66. The Morgan fingerprint density at radius 1 is 1.13 bits per heavy atom. The molecule has 160 valence electrons. The molecule has 10 heteroatoms. The number of halogens is 3. The van der Waals surface area contributed by atoms with Crippen LogP contribution in [0.2, 0.25) is 0 Å². The van der Waals surface area contributed by atoms with Gasteiger partial charge in [-0.05, 0) is 42.3 Å². The van der Waals surface area contributed by atoms with Gasteiger partial charge in [0.05, 0.1) is 17.8 Å². The van der Waals surface area contributed by atoms with E-state index in [0.29, 0.717) is 23.0 Å². The van der Waals surface area contributed by atoms with Gasteiger partial charge < -0.3 is 15.2 Å². The van der Waals surface area contributed by atoms with Crippen LogP contribution in [0, 0.1) is 5.92 Å². The molecule has 2 aromatic carbocycles. The number of amides is 1. The number of ether oxygens (including phenoxy) is 1. The number of anilines is 1. The van der Waals surface area contributed by atoms with Crippen LogP contribution in [0.15, 0.2) is 54.7 Å². The van der Waals surface area contributed by atoms with Gasteiger partial charge in [-0.2, -0.15) is 18.3 Å². The van der Waals surface area contributed by atoms with Gasteiger partial charge in [-0.3, -0.25) is 4.79 Å². The third-order valence-electron chi connectivity index (χ3n) is 4.90. The van der Waals surface area contributed by atoms with Gasteiger partial charge in [0.15, 0.2) is 5.69 Å². The number of para-hydroxylation sites is 1. The van der Waals surface area contributed by atoms with Gasteiger partial charge in [0.1, 0.15) is 17.9 Å². The summed E-state index contributed by atoms with van der Waals surface area (Å²) >= 11 is 0. The predicted octanol–water partition coefficient (Wildman–Crippen LogP) is 3.78. The van der Waals surface area contributed by atoms with Crippen molar-refractivity contribution in [2.24, 2.45) is 5.92 Å². The molecule has 2 heterocycles. The number of aromatic nitrogens is 2. The maximum Gasteiger partial charge on any atom is 0.434 e. The SMILES string of the molecule is O=C(O)c1cnn(-c2ccc(NC(=O)C3COc4ccccc4C3)cc2)c1C(F)(F)F. The number of alkyl halides is 3. The van der Waals surface area contributed by atoms with E-state index in [1.165, 1.54) is 24.3 Å². The monoisotopic (exact) mass is 431 g/mol. The summed E-state index contributed by atoms with van der Waals surface area (Å²) in [6.45, 7) is 0.223. The number of carboxylic acids is 1. The second-order valence-corrected chi connectivity index (χ2v) is 6.98. The fourth-order valence-corrected chi connectivity index (χ4v) is 3.40. The average Bonchev–Trinajstić information content (AvgIpc) is 3.20. The van der Waals surface area contributed by atoms with E-state index in [0.717, 1.165) is 11.3 Å². The lowest BCUT2D eigenvalue weighted by molar-refractivity contribution is -0.143. The summed E-state index contributed by atoms with van der Waals surface area (Å²) in [6, 6.07) is 12.9. The van der Waals surface area contributed by atoms with Crippen molar-refractivity contribution in [3.05, 3.63) is 71.5 Å². The molecule has 0 bridgehead atoms. The van der Waals surface area contributed by atoms with Crippen molar-refractivity contribution in [3.63, 3.8) is 0 Å². The number of aromatic carboxylic acids is 1. The average molecular weight is 431 g/mol. The van der Waals surface area contributed by atoms with Gasteiger partial charge in [0.25, 0.3) is 0 Å². The Morgan fingerprint density at radius 3 is 2.52 bits per heavy atom. The Hall–Kier alpha value is -3.82. The second kappa shape index (κ2) is 7.78. The molecule has 0 aliphatic carbocycles. The Bertz CT molecular complexity index is 1140. The molecule has 0 saturated heterocycles. The fraction of sp³-hybridized carbons (Fsp3) is 0.190. The van der Waals surface area contributed by atoms with Gasteiger partial charge in [0, 0.05) is 5.69 Å². The lowest BCUT2D eigenvalue weighted by atomic mass is 9.96. The maximum absolute atomic E-state index is 13.4. The number of carboxylic acid groups (broad SMARTS) is 1. The zero-order chi connectivity index (χ0) is 22.2. The van der Waals surface area contributed by atoms with E-state index in [1.54, 1.807) is 0 Å². The molecule has 4 rings (SSSR count). The van der Waals surface area contributed by atoms with E-state index in [2.05, 4.69) is 10.4 Å². The molecule has 31 heavy (non-hydrogen) atoms. The van der Waals surface area contributed by atoms with Crippen LogP contribution in [0.5, 0.6) is 5.75 Å². The van der Waals surface area contributed by atoms with Crippen LogP contribution < -0.4 is 10.1 Å². The Kier molecular flexibility index (Phi) is 5.14. The number of hydrogen-bond donors (Lipinski definition) is 2. The summed E-state index contributed by atoms with van der Waals surface area (Å²) in [6.07, 6.45) is -3.74. The standard InChI is InChI=1S/C21H16F3N3O4/c22-21(23,24)18-16(20(29)30)10-25-27(18)15-7-5-14(6-8-15)26-19(28)13-9-12-3-1-2-4-17(12)31-11-13/h1-8,10,13H,9,11H2,(H,26,28)(H,29,30). The molecule has 1 aliphatic heterocycles. The van der Waals surface area contributed by atoms with Crippen molar-refractivity contribution in [3.8, 4) is 11.4 Å². The molecule has 0 fully saturated rings. The fourth-order valence-electron chi connectivity index (χ4n) is 3.40. The minimum Gasteiger partial charge on any atom is -0.492 e. The summed E-state index contributed by atoms with van der Waals surface area (Å²) in [5, 5.41) is 15.3. The first-order valence-electron chi connectivity index (χ1n) is 9.24. The quantitative estimate of drug-likeness (QED) is 0.656. The van der Waals surface area contributed by atoms with Crippen LogP contribution in [-0.2, 0) is 17.4 Å². The highest BCUT2D eigenvalue weighted by Gasteiger charge is 2.40. The highest BCUT2D eigenvalue weighted by molar-refractivity contribution is 5.93. The van der Waals surface area contributed by atoms with Gasteiger partial charge in [0.2, 0.25) is 5.91 Å². The number of nitrogens with zero attached hydrogens (tertiary/aromatic N) is 2. The first kappa shape index (κ1) is 20.5. The van der Waals surface area contributed by atoms with Crippen LogP contribution >= 0.6 is 0 Å². The Labute approximate surface area is 174 Å². The second-order valence-electron chi connectivity index (χ2n) is 6.98. The van der Waals surface area contributed by atoms with Gasteiger partial charge in [-0.25, -0.2) is 9.48 Å².